The van der Waals surface area contributed by atoms with Crippen molar-refractivity contribution in [2.45, 2.75) is 38.7 Å². The first-order valence-corrected chi connectivity index (χ1v) is 7.39. The molecule has 3 N–H and O–H groups in total. The highest BCUT2D eigenvalue weighted by molar-refractivity contribution is 5.67. The van der Waals surface area contributed by atoms with Crippen molar-refractivity contribution in [1.29, 1.82) is 0 Å². The van der Waals surface area contributed by atoms with Gasteiger partial charge in [-0.3, -0.25) is 14.3 Å². The molecule has 0 unspecified atom stereocenters. The minimum Gasteiger partial charge on any atom is -0.444 e. The van der Waals surface area contributed by atoms with E-state index in [0.717, 1.165) is 0 Å². The average molecular weight is 326 g/mol. The number of hydrogen-bond donors (Lipinski definition) is 3. The van der Waals surface area contributed by atoms with Crippen LogP contribution in [-0.2, 0) is 9.47 Å². The number of alkyl carbamates (subject to hydrolysis) is 1. The van der Waals surface area contributed by atoms with Gasteiger partial charge >= 0.3 is 11.8 Å². The van der Waals surface area contributed by atoms with Crippen molar-refractivity contribution >= 4 is 6.09 Å². The van der Waals surface area contributed by atoms with E-state index < -0.39 is 29.2 Å². The molecule has 2 heterocycles. The summed E-state index contributed by atoms with van der Waals surface area (Å²) in [6.07, 6.45) is -0.0138. The van der Waals surface area contributed by atoms with E-state index in [1.165, 1.54) is 16.8 Å². The van der Waals surface area contributed by atoms with Crippen LogP contribution in [0.15, 0.2) is 21.9 Å². The molecule has 2 atom stereocenters. The third kappa shape index (κ3) is 5.22. The first-order valence-electron chi connectivity index (χ1n) is 7.39. The van der Waals surface area contributed by atoms with Crippen molar-refractivity contribution in [3.05, 3.63) is 33.1 Å². The van der Waals surface area contributed by atoms with Crippen LogP contribution < -0.4 is 21.9 Å². The zero-order valence-corrected chi connectivity index (χ0v) is 13.4. The molecule has 0 aromatic carbocycles. The van der Waals surface area contributed by atoms with E-state index in [9.17, 15) is 14.4 Å². The Morgan fingerprint density at radius 1 is 1.43 bits per heavy atom. The number of carbonyl (C=O) groups is 1. The standard InChI is InChI=1S/C14H22N4O5/c1-14(2,3)23-13(21)16-7-9-6-15-8-11(22-9)18-5-4-10(19)17-12(18)20/h4-5,9,11,15H,6-8H2,1-3H3,(H,16,21)(H,17,19,20)/t9-,11+/m0/s1. The van der Waals surface area contributed by atoms with E-state index in [0.29, 0.717) is 13.1 Å². The van der Waals surface area contributed by atoms with Crippen LogP contribution in [-0.4, -0.2) is 47.0 Å². The fraction of sp³-hybridized carbons (Fsp3) is 0.643. The summed E-state index contributed by atoms with van der Waals surface area (Å²) in [5, 5.41) is 5.76. The van der Waals surface area contributed by atoms with E-state index >= 15 is 0 Å². The summed E-state index contributed by atoms with van der Waals surface area (Å²) in [5.74, 6) is 0. The molecule has 1 aromatic heterocycles. The van der Waals surface area contributed by atoms with Crippen molar-refractivity contribution in [3.63, 3.8) is 0 Å². The number of carbonyl (C=O) groups excluding carboxylic acids is 1. The highest BCUT2D eigenvalue weighted by atomic mass is 16.6. The fourth-order valence-electron chi connectivity index (χ4n) is 2.14. The molecule has 1 aliphatic rings. The lowest BCUT2D eigenvalue weighted by Gasteiger charge is -2.32. The Bertz CT molecular complexity index is 660. The number of rotatable bonds is 3. The summed E-state index contributed by atoms with van der Waals surface area (Å²) in [7, 11) is 0. The molecule has 9 nitrogen and oxygen atoms in total. The summed E-state index contributed by atoms with van der Waals surface area (Å²) in [4.78, 5) is 36.7. The number of aromatic nitrogens is 2. The Morgan fingerprint density at radius 3 is 2.83 bits per heavy atom. The van der Waals surface area contributed by atoms with Gasteiger partial charge in [-0.25, -0.2) is 9.59 Å². The summed E-state index contributed by atoms with van der Waals surface area (Å²) < 4.78 is 12.2. The number of hydrogen-bond acceptors (Lipinski definition) is 6. The molecule has 0 radical (unpaired) electrons. The van der Waals surface area contributed by atoms with Crippen LogP contribution in [0.25, 0.3) is 0 Å². The lowest BCUT2D eigenvalue weighted by atomic mass is 10.2. The number of ether oxygens (including phenoxy) is 2. The number of aromatic amines is 1. The molecule has 0 bridgehead atoms. The quantitative estimate of drug-likeness (QED) is 0.693. The Kier molecular flexibility index (Phi) is 5.22. The van der Waals surface area contributed by atoms with Gasteiger partial charge in [0.05, 0.1) is 6.10 Å². The second kappa shape index (κ2) is 6.97. The van der Waals surface area contributed by atoms with Crippen LogP contribution in [0.4, 0.5) is 4.79 Å². The summed E-state index contributed by atoms with van der Waals surface area (Å²) in [5.41, 5.74) is -1.56. The van der Waals surface area contributed by atoms with Crippen LogP contribution in [0.2, 0.25) is 0 Å². The molecule has 1 amide bonds. The highest BCUT2D eigenvalue weighted by Crippen LogP contribution is 2.12. The first-order chi connectivity index (χ1) is 10.7. The topological polar surface area (TPSA) is 114 Å². The lowest BCUT2D eigenvalue weighted by molar-refractivity contribution is -0.0777. The summed E-state index contributed by atoms with van der Waals surface area (Å²) >= 11 is 0. The summed E-state index contributed by atoms with van der Waals surface area (Å²) in [6, 6.07) is 1.26. The number of nitrogens with one attached hydrogen (secondary N) is 3. The second-order valence-corrected chi connectivity index (χ2v) is 6.27. The molecule has 1 saturated heterocycles. The van der Waals surface area contributed by atoms with Crippen molar-refractivity contribution in [2.24, 2.45) is 0 Å². The Labute approximate surface area is 133 Å². The van der Waals surface area contributed by atoms with Crippen molar-refractivity contribution in [1.82, 2.24) is 20.2 Å². The normalized spacial score (nSPS) is 21.7. The Hall–Kier alpha value is -2.13. The minimum absolute atomic E-state index is 0.247. The maximum atomic E-state index is 11.8. The van der Waals surface area contributed by atoms with E-state index in [1.54, 1.807) is 20.8 Å². The predicted molar refractivity (Wildman–Crippen MR) is 82.3 cm³/mol. The average Bonchev–Trinajstić information content (AvgIpc) is 2.43. The van der Waals surface area contributed by atoms with Crippen LogP contribution in [0.5, 0.6) is 0 Å². The van der Waals surface area contributed by atoms with Gasteiger partial charge in [-0.1, -0.05) is 0 Å². The molecule has 2 rings (SSSR count). The Morgan fingerprint density at radius 2 is 2.17 bits per heavy atom. The van der Waals surface area contributed by atoms with Crippen molar-refractivity contribution in [2.75, 3.05) is 19.6 Å². The first kappa shape index (κ1) is 17.2. The van der Waals surface area contributed by atoms with Gasteiger partial charge < -0.3 is 20.1 Å². The third-order valence-electron chi connectivity index (χ3n) is 3.07. The van der Waals surface area contributed by atoms with Crippen molar-refractivity contribution in [3.8, 4) is 0 Å². The van der Waals surface area contributed by atoms with Gasteiger partial charge in [0.15, 0.2) is 6.23 Å². The van der Waals surface area contributed by atoms with Crippen LogP contribution in [0, 0.1) is 0 Å². The van der Waals surface area contributed by atoms with Gasteiger partial charge in [0.1, 0.15) is 5.60 Å². The van der Waals surface area contributed by atoms with E-state index in [4.69, 9.17) is 9.47 Å². The smallest absolute Gasteiger partial charge is 0.407 e. The molecule has 23 heavy (non-hydrogen) atoms. The minimum atomic E-state index is -0.568. The van der Waals surface area contributed by atoms with Crippen LogP contribution in [0.3, 0.4) is 0 Å². The molecular formula is C14H22N4O5. The third-order valence-corrected chi connectivity index (χ3v) is 3.07. The lowest BCUT2D eigenvalue weighted by Crippen LogP contribution is -2.50. The van der Waals surface area contributed by atoms with Crippen LogP contribution in [0.1, 0.15) is 27.0 Å². The maximum Gasteiger partial charge on any atom is 0.407 e. The number of nitrogens with zero attached hydrogens (tertiary/aromatic N) is 1. The molecule has 128 valence electrons. The van der Waals surface area contributed by atoms with E-state index in [1.807, 2.05) is 0 Å². The zero-order chi connectivity index (χ0) is 17.0. The van der Waals surface area contributed by atoms with Gasteiger partial charge in [-0.15, -0.1) is 0 Å². The number of amides is 1. The Balaban J connectivity index is 1.92. The number of morpholine rings is 1. The van der Waals surface area contributed by atoms with E-state index in [-0.39, 0.29) is 12.6 Å². The monoisotopic (exact) mass is 326 g/mol. The van der Waals surface area contributed by atoms with Crippen molar-refractivity contribution < 1.29 is 14.3 Å². The largest absolute Gasteiger partial charge is 0.444 e. The molecule has 0 saturated carbocycles. The second-order valence-electron chi connectivity index (χ2n) is 6.27. The summed E-state index contributed by atoms with van der Waals surface area (Å²) in [6.45, 7) is 6.55. The molecule has 1 fully saturated rings. The maximum absolute atomic E-state index is 11.8. The van der Waals surface area contributed by atoms with Gasteiger partial charge in [-0.05, 0) is 20.8 Å². The van der Waals surface area contributed by atoms with Crippen LogP contribution >= 0.6 is 0 Å². The number of H-pyrrole nitrogens is 1. The molecule has 9 heteroatoms. The predicted octanol–water partition coefficient (Wildman–Crippen LogP) is -0.452. The molecule has 1 aliphatic heterocycles. The molecule has 1 aromatic rings. The van der Waals surface area contributed by atoms with Gasteiger partial charge in [0.25, 0.3) is 5.56 Å². The SMILES string of the molecule is CC(C)(C)OC(=O)NC[C@@H]1CNC[C@H](n2ccc(=O)[nH]c2=O)O1. The van der Waals surface area contributed by atoms with E-state index in [2.05, 4.69) is 15.6 Å². The highest BCUT2D eigenvalue weighted by Gasteiger charge is 2.25. The van der Waals surface area contributed by atoms with Gasteiger partial charge in [0.2, 0.25) is 0 Å². The fourth-order valence-corrected chi connectivity index (χ4v) is 2.14. The molecule has 0 spiro atoms. The molecule has 0 aliphatic carbocycles. The molecular weight excluding hydrogens is 304 g/mol. The zero-order valence-electron chi connectivity index (χ0n) is 13.4. The van der Waals surface area contributed by atoms with Gasteiger partial charge in [-0.2, -0.15) is 0 Å². The van der Waals surface area contributed by atoms with Gasteiger partial charge in [0, 0.05) is 31.9 Å².